The number of carbonyl (C=O) groups excluding carboxylic acids is 1. The Kier molecular flexibility index (Phi) is 3.06. The third-order valence-electron chi connectivity index (χ3n) is 3.03. The van der Waals surface area contributed by atoms with Crippen molar-refractivity contribution in [1.82, 2.24) is 0 Å². The summed E-state index contributed by atoms with van der Waals surface area (Å²) in [5, 5.41) is 6.27. The molecule has 1 aliphatic heterocycles. The van der Waals surface area contributed by atoms with E-state index >= 15 is 0 Å². The Hall–Kier alpha value is -1.22. The van der Waals surface area contributed by atoms with Gasteiger partial charge in [-0.25, -0.2) is 0 Å². The standard InChI is InChI=1S/C12H14N2O.ClH/c15-12(8-1-2-8)14-10-3-4-11-9(7-10)5-6-13-11;/h3-4,7-8,13H,1-2,5-6H2,(H,14,15);1H. The summed E-state index contributed by atoms with van der Waals surface area (Å²) in [6, 6.07) is 6.10. The van der Waals surface area contributed by atoms with Crippen LogP contribution in [0.5, 0.6) is 0 Å². The number of carbonyl (C=O) groups is 1. The van der Waals surface area contributed by atoms with Gasteiger partial charge in [0, 0.05) is 23.8 Å². The van der Waals surface area contributed by atoms with Crippen LogP contribution in [0.15, 0.2) is 18.2 Å². The molecule has 2 aliphatic rings. The fourth-order valence-electron chi connectivity index (χ4n) is 1.97. The Morgan fingerprint density at radius 2 is 2.19 bits per heavy atom. The molecular formula is C12H15ClN2O. The summed E-state index contributed by atoms with van der Waals surface area (Å²) in [5.41, 5.74) is 3.46. The number of anilines is 2. The molecule has 1 amide bonds. The van der Waals surface area contributed by atoms with Crippen molar-refractivity contribution in [3.05, 3.63) is 23.8 Å². The molecule has 0 aromatic heterocycles. The van der Waals surface area contributed by atoms with Crippen molar-refractivity contribution >= 4 is 29.7 Å². The lowest BCUT2D eigenvalue weighted by Gasteiger charge is -2.06. The summed E-state index contributed by atoms with van der Waals surface area (Å²) in [6.07, 6.45) is 3.17. The van der Waals surface area contributed by atoms with Crippen LogP contribution in [-0.4, -0.2) is 12.5 Å². The van der Waals surface area contributed by atoms with E-state index in [9.17, 15) is 4.79 Å². The Balaban J connectivity index is 0.000000963. The molecule has 16 heavy (non-hydrogen) atoms. The number of halogens is 1. The number of amides is 1. The van der Waals surface area contributed by atoms with Crippen molar-refractivity contribution in [2.24, 2.45) is 5.92 Å². The fourth-order valence-corrected chi connectivity index (χ4v) is 1.97. The minimum absolute atomic E-state index is 0. The quantitative estimate of drug-likeness (QED) is 0.831. The van der Waals surface area contributed by atoms with Gasteiger partial charge in [-0.2, -0.15) is 0 Å². The van der Waals surface area contributed by atoms with E-state index in [-0.39, 0.29) is 24.2 Å². The number of fused-ring (bicyclic) bond motifs is 1. The summed E-state index contributed by atoms with van der Waals surface area (Å²) in [4.78, 5) is 11.5. The zero-order valence-electron chi connectivity index (χ0n) is 8.95. The molecule has 0 spiro atoms. The van der Waals surface area contributed by atoms with Crippen molar-refractivity contribution in [2.75, 3.05) is 17.2 Å². The minimum Gasteiger partial charge on any atom is -0.384 e. The average molecular weight is 239 g/mol. The molecule has 0 bridgehead atoms. The lowest BCUT2D eigenvalue weighted by Crippen LogP contribution is -2.13. The first-order valence-electron chi connectivity index (χ1n) is 5.50. The first-order chi connectivity index (χ1) is 7.33. The van der Waals surface area contributed by atoms with Crippen LogP contribution in [0.1, 0.15) is 18.4 Å². The topological polar surface area (TPSA) is 41.1 Å². The van der Waals surface area contributed by atoms with Gasteiger partial charge in [-0.05, 0) is 43.0 Å². The summed E-state index contributed by atoms with van der Waals surface area (Å²) in [7, 11) is 0. The summed E-state index contributed by atoms with van der Waals surface area (Å²) in [6.45, 7) is 1.01. The van der Waals surface area contributed by atoms with E-state index in [1.807, 2.05) is 12.1 Å². The summed E-state index contributed by atoms with van der Waals surface area (Å²) >= 11 is 0. The van der Waals surface area contributed by atoms with Crippen molar-refractivity contribution in [2.45, 2.75) is 19.3 Å². The summed E-state index contributed by atoms with van der Waals surface area (Å²) < 4.78 is 0. The van der Waals surface area contributed by atoms with Gasteiger partial charge in [0.05, 0.1) is 0 Å². The molecule has 0 atom stereocenters. The third kappa shape index (κ3) is 2.14. The first-order valence-corrected chi connectivity index (χ1v) is 5.50. The van der Waals surface area contributed by atoms with Crippen molar-refractivity contribution < 1.29 is 4.79 Å². The maximum absolute atomic E-state index is 11.5. The molecule has 1 fully saturated rings. The summed E-state index contributed by atoms with van der Waals surface area (Å²) in [5.74, 6) is 0.456. The van der Waals surface area contributed by atoms with Gasteiger partial charge in [0.2, 0.25) is 5.91 Å². The molecule has 0 unspecified atom stereocenters. The highest BCUT2D eigenvalue weighted by molar-refractivity contribution is 5.94. The highest BCUT2D eigenvalue weighted by Crippen LogP contribution is 2.31. The van der Waals surface area contributed by atoms with Crippen LogP contribution in [0.2, 0.25) is 0 Å². The highest BCUT2D eigenvalue weighted by Gasteiger charge is 2.29. The maximum atomic E-state index is 11.5. The molecule has 86 valence electrons. The SMILES string of the molecule is Cl.O=C(Nc1ccc2c(c1)CCN2)C1CC1. The number of hydrogen-bond acceptors (Lipinski definition) is 2. The highest BCUT2D eigenvalue weighted by atomic mass is 35.5. The van der Waals surface area contributed by atoms with Crippen LogP contribution < -0.4 is 10.6 Å². The van der Waals surface area contributed by atoms with Crippen LogP contribution >= 0.6 is 12.4 Å². The van der Waals surface area contributed by atoms with Gasteiger partial charge >= 0.3 is 0 Å². The van der Waals surface area contributed by atoms with Crippen LogP contribution in [0.4, 0.5) is 11.4 Å². The smallest absolute Gasteiger partial charge is 0.227 e. The third-order valence-corrected chi connectivity index (χ3v) is 3.03. The molecule has 1 heterocycles. The molecule has 3 nitrogen and oxygen atoms in total. The van der Waals surface area contributed by atoms with Gasteiger partial charge in [-0.3, -0.25) is 4.79 Å². The molecule has 1 aromatic carbocycles. The van der Waals surface area contributed by atoms with Crippen molar-refractivity contribution in [3.8, 4) is 0 Å². The van der Waals surface area contributed by atoms with Crippen LogP contribution in [-0.2, 0) is 11.2 Å². The Morgan fingerprint density at radius 3 is 2.94 bits per heavy atom. The van der Waals surface area contributed by atoms with E-state index in [4.69, 9.17) is 0 Å². The maximum Gasteiger partial charge on any atom is 0.227 e. The fraction of sp³-hybridized carbons (Fsp3) is 0.417. The Morgan fingerprint density at radius 1 is 1.38 bits per heavy atom. The molecule has 3 rings (SSSR count). The van der Waals surface area contributed by atoms with Crippen LogP contribution in [0, 0.1) is 5.92 Å². The molecule has 2 N–H and O–H groups in total. The van der Waals surface area contributed by atoms with E-state index in [0.29, 0.717) is 0 Å². The zero-order valence-corrected chi connectivity index (χ0v) is 9.77. The number of benzene rings is 1. The molecule has 1 aliphatic carbocycles. The normalized spacial score (nSPS) is 17.0. The molecule has 0 radical (unpaired) electrons. The largest absolute Gasteiger partial charge is 0.384 e. The number of rotatable bonds is 2. The lowest BCUT2D eigenvalue weighted by atomic mass is 10.1. The van der Waals surface area contributed by atoms with Gasteiger partial charge in [-0.1, -0.05) is 0 Å². The molecule has 1 aromatic rings. The molecule has 0 saturated heterocycles. The van der Waals surface area contributed by atoms with Gasteiger partial charge in [-0.15, -0.1) is 12.4 Å². The van der Waals surface area contributed by atoms with E-state index in [1.165, 1.54) is 11.3 Å². The van der Waals surface area contributed by atoms with E-state index in [1.54, 1.807) is 0 Å². The second kappa shape index (κ2) is 4.34. The number of nitrogens with one attached hydrogen (secondary N) is 2. The van der Waals surface area contributed by atoms with Crippen LogP contribution in [0.3, 0.4) is 0 Å². The van der Waals surface area contributed by atoms with Gasteiger partial charge in [0.25, 0.3) is 0 Å². The molecule has 4 heteroatoms. The van der Waals surface area contributed by atoms with E-state index < -0.39 is 0 Å². The van der Waals surface area contributed by atoms with Crippen LogP contribution in [0.25, 0.3) is 0 Å². The van der Waals surface area contributed by atoms with Crippen molar-refractivity contribution in [3.63, 3.8) is 0 Å². The Bertz CT molecular complexity index is 415. The molecular weight excluding hydrogens is 224 g/mol. The van der Waals surface area contributed by atoms with Gasteiger partial charge < -0.3 is 10.6 Å². The van der Waals surface area contributed by atoms with E-state index in [2.05, 4.69) is 16.7 Å². The monoisotopic (exact) mass is 238 g/mol. The first kappa shape index (κ1) is 11.3. The Labute approximate surface area is 101 Å². The van der Waals surface area contributed by atoms with Crippen molar-refractivity contribution in [1.29, 1.82) is 0 Å². The van der Waals surface area contributed by atoms with Gasteiger partial charge in [0.1, 0.15) is 0 Å². The predicted molar refractivity (Wildman–Crippen MR) is 67.2 cm³/mol. The average Bonchev–Trinajstić information content (AvgIpc) is 2.98. The predicted octanol–water partition coefficient (Wildman–Crippen LogP) is 2.42. The minimum atomic E-state index is 0. The zero-order chi connectivity index (χ0) is 10.3. The van der Waals surface area contributed by atoms with E-state index in [0.717, 1.165) is 31.5 Å². The second-order valence-corrected chi connectivity index (χ2v) is 4.31. The lowest BCUT2D eigenvalue weighted by molar-refractivity contribution is -0.117. The second-order valence-electron chi connectivity index (χ2n) is 4.31. The molecule has 1 saturated carbocycles. The number of hydrogen-bond donors (Lipinski definition) is 2. The van der Waals surface area contributed by atoms with Gasteiger partial charge in [0.15, 0.2) is 0 Å².